The van der Waals surface area contributed by atoms with Crippen molar-refractivity contribution in [2.75, 3.05) is 5.32 Å². The highest BCUT2D eigenvalue weighted by molar-refractivity contribution is 5.91. The maximum atomic E-state index is 13.8. The lowest BCUT2D eigenvalue weighted by Crippen LogP contribution is -2.38. The number of urea groups is 1. The summed E-state index contributed by atoms with van der Waals surface area (Å²) in [5, 5.41) is 3.19. The standard InChI is InChI=1S/C28H27N3O/c1-19-9-6-12-22(17-19)27-26-15-8-16-30(26)25-14-5-4-11-23(25)18-31(27)28(32)29-24-13-7-10-20(2)21(24)3/h4-17,27H,18H2,1-3H3,(H,29,32)/t27-/m0/s1. The van der Waals surface area contributed by atoms with Crippen LogP contribution < -0.4 is 5.32 Å². The van der Waals surface area contributed by atoms with Crippen molar-refractivity contribution < 1.29 is 4.79 Å². The number of para-hydroxylation sites is 1. The summed E-state index contributed by atoms with van der Waals surface area (Å²) >= 11 is 0. The SMILES string of the molecule is Cc1cccc([C@H]2c3cccn3-c3ccccc3CN2C(=O)Nc2cccc(C)c2C)c1. The number of nitrogens with zero attached hydrogens (tertiary/aromatic N) is 2. The summed E-state index contributed by atoms with van der Waals surface area (Å²) in [6.45, 7) is 6.73. The number of rotatable bonds is 2. The van der Waals surface area contributed by atoms with Gasteiger partial charge in [0.05, 0.1) is 18.3 Å². The van der Waals surface area contributed by atoms with Gasteiger partial charge in [0.1, 0.15) is 0 Å². The molecule has 1 atom stereocenters. The zero-order valence-corrected chi connectivity index (χ0v) is 18.7. The van der Waals surface area contributed by atoms with Crippen LogP contribution >= 0.6 is 0 Å². The Morgan fingerprint density at radius 3 is 2.56 bits per heavy atom. The van der Waals surface area contributed by atoms with Crippen molar-refractivity contribution in [3.05, 3.63) is 119 Å². The number of anilines is 1. The number of carbonyl (C=O) groups is 1. The second-order valence-electron chi connectivity index (χ2n) is 8.55. The minimum atomic E-state index is -0.206. The van der Waals surface area contributed by atoms with Gasteiger partial charge in [0.15, 0.2) is 0 Å². The molecule has 0 unspecified atom stereocenters. The normalized spacial score (nSPS) is 15.0. The van der Waals surface area contributed by atoms with Gasteiger partial charge in [-0.2, -0.15) is 0 Å². The number of nitrogens with one attached hydrogen (secondary N) is 1. The van der Waals surface area contributed by atoms with E-state index in [0.29, 0.717) is 6.54 Å². The van der Waals surface area contributed by atoms with Crippen LogP contribution in [0, 0.1) is 20.8 Å². The van der Waals surface area contributed by atoms with Crippen LogP contribution in [0.5, 0.6) is 0 Å². The van der Waals surface area contributed by atoms with Crippen LogP contribution in [-0.4, -0.2) is 15.5 Å². The molecule has 0 saturated carbocycles. The zero-order valence-electron chi connectivity index (χ0n) is 18.7. The summed E-state index contributed by atoms with van der Waals surface area (Å²) in [5.41, 5.74) is 8.71. The predicted molar refractivity (Wildman–Crippen MR) is 129 cm³/mol. The lowest BCUT2D eigenvalue weighted by molar-refractivity contribution is 0.194. The number of benzene rings is 3. The van der Waals surface area contributed by atoms with Crippen LogP contribution in [0.25, 0.3) is 5.69 Å². The summed E-state index contributed by atoms with van der Waals surface area (Å²) in [6.07, 6.45) is 2.09. The maximum absolute atomic E-state index is 13.8. The van der Waals surface area contributed by atoms with Crippen molar-refractivity contribution in [2.24, 2.45) is 0 Å². The second-order valence-corrected chi connectivity index (χ2v) is 8.55. The molecular formula is C28H27N3O. The Balaban J connectivity index is 1.65. The van der Waals surface area contributed by atoms with Gasteiger partial charge in [-0.3, -0.25) is 0 Å². The molecule has 4 nitrogen and oxygen atoms in total. The minimum Gasteiger partial charge on any atom is -0.318 e. The van der Waals surface area contributed by atoms with E-state index in [1.165, 1.54) is 5.56 Å². The molecule has 1 aromatic heterocycles. The van der Waals surface area contributed by atoms with Gasteiger partial charge >= 0.3 is 6.03 Å². The predicted octanol–water partition coefficient (Wildman–Crippen LogP) is 6.54. The van der Waals surface area contributed by atoms with Gasteiger partial charge in [0, 0.05) is 17.6 Å². The van der Waals surface area contributed by atoms with E-state index < -0.39 is 0 Å². The van der Waals surface area contributed by atoms with E-state index in [4.69, 9.17) is 0 Å². The van der Waals surface area contributed by atoms with E-state index in [-0.39, 0.29) is 12.1 Å². The largest absolute Gasteiger partial charge is 0.322 e. The molecule has 0 spiro atoms. The van der Waals surface area contributed by atoms with Crippen molar-refractivity contribution in [2.45, 2.75) is 33.4 Å². The molecule has 1 N–H and O–H groups in total. The maximum Gasteiger partial charge on any atom is 0.322 e. The Morgan fingerprint density at radius 1 is 0.906 bits per heavy atom. The van der Waals surface area contributed by atoms with Gasteiger partial charge in [-0.25, -0.2) is 4.79 Å². The molecular weight excluding hydrogens is 394 g/mol. The van der Waals surface area contributed by atoms with Gasteiger partial charge in [0.25, 0.3) is 0 Å². The Labute approximate surface area is 189 Å². The number of fused-ring (bicyclic) bond motifs is 3. The van der Waals surface area contributed by atoms with Gasteiger partial charge in [-0.15, -0.1) is 0 Å². The molecule has 0 saturated heterocycles. The monoisotopic (exact) mass is 421 g/mol. The smallest absolute Gasteiger partial charge is 0.318 e. The Kier molecular flexibility index (Phi) is 5.06. The Morgan fingerprint density at radius 2 is 1.72 bits per heavy atom. The summed E-state index contributed by atoms with van der Waals surface area (Å²) < 4.78 is 2.22. The highest BCUT2D eigenvalue weighted by Crippen LogP contribution is 2.37. The molecule has 32 heavy (non-hydrogen) atoms. The van der Waals surface area contributed by atoms with E-state index in [1.54, 1.807) is 0 Å². The minimum absolute atomic E-state index is 0.102. The molecule has 5 rings (SSSR count). The van der Waals surface area contributed by atoms with Crippen molar-refractivity contribution in [3.63, 3.8) is 0 Å². The molecule has 4 aromatic rings. The number of aromatic nitrogens is 1. The van der Waals surface area contributed by atoms with Crippen LogP contribution in [0.4, 0.5) is 10.5 Å². The molecule has 2 heterocycles. The van der Waals surface area contributed by atoms with E-state index in [2.05, 4.69) is 90.6 Å². The lowest BCUT2D eigenvalue weighted by atomic mass is 10.00. The quantitative estimate of drug-likeness (QED) is 0.392. The summed E-state index contributed by atoms with van der Waals surface area (Å²) in [5.74, 6) is 0. The number of aryl methyl sites for hydroxylation is 2. The van der Waals surface area contributed by atoms with Crippen molar-refractivity contribution >= 4 is 11.7 Å². The Hall–Kier alpha value is -3.79. The van der Waals surface area contributed by atoms with Gasteiger partial charge in [0.2, 0.25) is 0 Å². The topological polar surface area (TPSA) is 37.3 Å². The van der Waals surface area contributed by atoms with Crippen molar-refractivity contribution in [1.82, 2.24) is 9.47 Å². The highest BCUT2D eigenvalue weighted by atomic mass is 16.2. The van der Waals surface area contributed by atoms with Crippen molar-refractivity contribution in [1.29, 1.82) is 0 Å². The first-order valence-electron chi connectivity index (χ1n) is 11.0. The molecule has 1 aliphatic heterocycles. The first-order chi connectivity index (χ1) is 15.5. The third kappa shape index (κ3) is 3.48. The number of carbonyl (C=O) groups excluding carboxylic acids is 1. The first-order valence-corrected chi connectivity index (χ1v) is 11.0. The summed E-state index contributed by atoms with van der Waals surface area (Å²) in [7, 11) is 0. The van der Waals surface area contributed by atoms with E-state index in [0.717, 1.165) is 39.3 Å². The van der Waals surface area contributed by atoms with Crippen LogP contribution in [-0.2, 0) is 6.54 Å². The summed E-state index contributed by atoms with van der Waals surface area (Å²) in [4.78, 5) is 15.8. The second kappa shape index (κ2) is 8.04. The average Bonchev–Trinajstić information content (AvgIpc) is 3.21. The van der Waals surface area contributed by atoms with Gasteiger partial charge in [-0.1, -0.05) is 60.2 Å². The number of hydrogen-bond acceptors (Lipinski definition) is 1. The number of hydrogen-bond donors (Lipinski definition) is 1. The molecule has 0 aliphatic carbocycles. The third-order valence-electron chi connectivity index (χ3n) is 6.43. The summed E-state index contributed by atoms with van der Waals surface area (Å²) in [6, 6.07) is 26.7. The van der Waals surface area contributed by atoms with Gasteiger partial charge < -0.3 is 14.8 Å². The van der Waals surface area contributed by atoms with E-state index in [1.807, 2.05) is 30.0 Å². The molecule has 0 bridgehead atoms. The fraction of sp³-hybridized carbons (Fsp3) is 0.179. The molecule has 0 radical (unpaired) electrons. The Bertz CT molecular complexity index is 1300. The van der Waals surface area contributed by atoms with Crippen molar-refractivity contribution in [3.8, 4) is 5.69 Å². The molecule has 160 valence electrons. The van der Waals surface area contributed by atoms with Crippen LogP contribution in [0.2, 0.25) is 0 Å². The molecule has 1 aliphatic rings. The zero-order chi connectivity index (χ0) is 22.2. The van der Waals surface area contributed by atoms with E-state index >= 15 is 0 Å². The molecule has 3 aromatic carbocycles. The fourth-order valence-electron chi connectivity index (χ4n) is 4.60. The van der Waals surface area contributed by atoms with E-state index in [9.17, 15) is 4.79 Å². The van der Waals surface area contributed by atoms with Crippen LogP contribution in [0.15, 0.2) is 85.1 Å². The lowest BCUT2D eigenvalue weighted by Gasteiger charge is -2.31. The highest BCUT2D eigenvalue weighted by Gasteiger charge is 2.33. The molecule has 2 amide bonds. The third-order valence-corrected chi connectivity index (χ3v) is 6.43. The first kappa shape index (κ1) is 20.1. The fourth-order valence-corrected chi connectivity index (χ4v) is 4.60. The molecule has 0 fully saturated rings. The van der Waals surface area contributed by atoms with Crippen LogP contribution in [0.3, 0.4) is 0 Å². The van der Waals surface area contributed by atoms with Gasteiger partial charge in [-0.05, 0) is 67.3 Å². The molecule has 4 heteroatoms. The number of amides is 2. The van der Waals surface area contributed by atoms with Crippen LogP contribution in [0.1, 0.15) is 39.6 Å². The average molecular weight is 422 g/mol.